The van der Waals surface area contributed by atoms with Gasteiger partial charge in [0.15, 0.2) is 0 Å². The highest BCUT2D eigenvalue weighted by molar-refractivity contribution is 6.18. The molecule has 4 nitrogen and oxygen atoms in total. The molecule has 0 N–H and O–H groups in total. The van der Waals surface area contributed by atoms with Crippen LogP contribution in [0, 0.1) is 0 Å². The molecule has 1 aliphatic heterocycles. The summed E-state index contributed by atoms with van der Waals surface area (Å²) in [5.41, 5.74) is 0.455. The Hall–Kier alpha value is -1.29. The molecule has 0 amide bonds. The van der Waals surface area contributed by atoms with E-state index in [9.17, 15) is 0 Å². The van der Waals surface area contributed by atoms with Gasteiger partial charge < -0.3 is 0 Å². The summed E-state index contributed by atoms with van der Waals surface area (Å²) in [4.78, 5) is 0. The highest BCUT2D eigenvalue weighted by atomic mass is 35.5. The van der Waals surface area contributed by atoms with Gasteiger partial charge in [0.2, 0.25) is 5.66 Å². The van der Waals surface area contributed by atoms with E-state index in [1.165, 1.54) is 0 Å². The molecular weight excluding hydrogens is 200 g/mol. The monoisotopic (exact) mass is 208 g/mol. The molecule has 0 fully saturated rings. The van der Waals surface area contributed by atoms with Crippen LogP contribution in [0.1, 0.15) is 5.56 Å². The van der Waals surface area contributed by atoms with Crippen molar-refractivity contribution in [2.24, 2.45) is 20.7 Å². The molecular formula is C9H9ClN4. The fourth-order valence-electron chi connectivity index (χ4n) is 1.32. The van der Waals surface area contributed by atoms with E-state index < -0.39 is 5.66 Å². The van der Waals surface area contributed by atoms with Crippen LogP contribution in [0.15, 0.2) is 51.0 Å². The Morgan fingerprint density at radius 1 is 1.07 bits per heavy atom. The smallest absolute Gasteiger partial charge is 0.133 e. The summed E-state index contributed by atoms with van der Waals surface area (Å²) < 4.78 is 0. The van der Waals surface area contributed by atoms with E-state index in [-0.39, 0.29) is 0 Å². The lowest BCUT2D eigenvalue weighted by molar-refractivity contribution is 0.492. The van der Waals surface area contributed by atoms with Gasteiger partial charge in [-0.05, 0) is 16.0 Å². The van der Waals surface area contributed by atoms with Crippen LogP contribution in [0.3, 0.4) is 0 Å². The van der Waals surface area contributed by atoms with E-state index in [2.05, 4.69) is 20.7 Å². The summed E-state index contributed by atoms with van der Waals surface area (Å²) in [6.07, 6.45) is 0.643. The van der Waals surface area contributed by atoms with Crippen molar-refractivity contribution in [2.75, 3.05) is 5.88 Å². The SMILES string of the molecule is ClCC1(Cc2ccccc2)N=NN=N1. The maximum absolute atomic E-state index is 5.81. The summed E-state index contributed by atoms with van der Waals surface area (Å²) in [7, 11) is 0. The lowest BCUT2D eigenvalue weighted by atomic mass is 10.0. The third-order valence-electron chi connectivity index (χ3n) is 2.05. The van der Waals surface area contributed by atoms with Gasteiger partial charge >= 0.3 is 0 Å². The summed E-state index contributed by atoms with van der Waals surface area (Å²) in [5.74, 6) is 0.300. The van der Waals surface area contributed by atoms with Gasteiger partial charge in [-0.3, -0.25) is 0 Å². The van der Waals surface area contributed by atoms with Crippen molar-refractivity contribution in [3.05, 3.63) is 35.9 Å². The van der Waals surface area contributed by atoms with Gasteiger partial charge in [0.05, 0.1) is 5.88 Å². The van der Waals surface area contributed by atoms with Crippen LogP contribution in [0.2, 0.25) is 0 Å². The Morgan fingerprint density at radius 2 is 1.71 bits per heavy atom. The molecule has 1 aromatic rings. The Kier molecular flexibility index (Phi) is 2.54. The van der Waals surface area contributed by atoms with Crippen molar-refractivity contribution in [2.45, 2.75) is 12.1 Å². The zero-order chi connectivity index (χ0) is 9.86. The van der Waals surface area contributed by atoms with Gasteiger partial charge in [0.25, 0.3) is 0 Å². The molecule has 0 radical (unpaired) electrons. The molecule has 0 spiro atoms. The maximum Gasteiger partial charge on any atom is 0.212 e. The molecule has 0 aliphatic carbocycles. The van der Waals surface area contributed by atoms with Crippen LogP contribution in [0.4, 0.5) is 0 Å². The predicted octanol–water partition coefficient (Wildman–Crippen LogP) is 3.00. The molecule has 14 heavy (non-hydrogen) atoms. The van der Waals surface area contributed by atoms with Gasteiger partial charge in [-0.15, -0.1) is 21.8 Å². The number of benzene rings is 1. The molecule has 0 saturated heterocycles. The van der Waals surface area contributed by atoms with E-state index in [0.29, 0.717) is 12.3 Å². The highest BCUT2D eigenvalue weighted by Crippen LogP contribution is 2.26. The van der Waals surface area contributed by atoms with Gasteiger partial charge in [0.1, 0.15) is 0 Å². The van der Waals surface area contributed by atoms with Crippen LogP contribution in [0.5, 0.6) is 0 Å². The highest BCUT2D eigenvalue weighted by Gasteiger charge is 2.32. The van der Waals surface area contributed by atoms with Gasteiger partial charge in [0, 0.05) is 6.42 Å². The average Bonchev–Trinajstić information content (AvgIpc) is 2.69. The number of hydrogen-bond acceptors (Lipinski definition) is 4. The summed E-state index contributed by atoms with van der Waals surface area (Å²) in [6.45, 7) is 0. The minimum Gasteiger partial charge on any atom is -0.133 e. The topological polar surface area (TPSA) is 49.4 Å². The van der Waals surface area contributed by atoms with Crippen molar-refractivity contribution in [1.29, 1.82) is 0 Å². The molecule has 2 rings (SSSR count). The average molecular weight is 209 g/mol. The zero-order valence-electron chi connectivity index (χ0n) is 7.47. The van der Waals surface area contributed by atoms with E-state index in [1.807, 2.05) is 30.3 Å². The van der Waals surface area contributed by atoms with Crippen molar-refractivity contribution in [3.8, 4) is 0 Å². The number of halogens is 1. The first kappa shape index (κ1) is 9.27. The summed E-state index contributed by atoms with van der Waals surface area (Å²) in [5, 5.41) is 14.9. The van der Waals surface area contributed by atoms with Crippen LogP contribution >= 0.6 is 11.6 Å². The fourth-order valence-corrected chi connectivity index (χ4v) is 1.52. The Balaban J connectivity index is 2.17. The van der Waals surface area contributed by atoms with Crippen molar-refractivity contribution in [3.63, 3.8) is 0 Å². The zero-order valence-corrected chi connectivity index (χ0v) is 8.22. The Morgan fingerprint density at radius 3 is 2.29 bits per heavy atom. The number of rotatable bonds is 3. The number of alkyl halides is 1. The number of hydrogen-bond donors (Lipinski definition) is 0. The summed E-state index contributed by atoms with van der Waals surface area (Å²) in [6, 6.07) is 9.94. The van der Waals surface area contributed by atoms with Crippen molar-refractivity contribution in [1.82, 2.24) is 0 Å². The Bertz CT molecular complexity index is 348. The second-order valence-electron chi connectivity index (χ2n) is 3.16. The quantitative estimate of drug-likeness (QED) is 0.686. The second kappa shape index (κ2) is 3.84. The van der Waals surface area contributed by atoms with Crippen LogP contribution < -0.4 is 0 Å². The first-order valence-corrected chi connectivity index (χ1v) is 4.82. The summed E-state index contributed by atoms with van der Waals surface area (Å²) >= 11 is 5.81. The first-order valence-electron chi connectivity index (χ1n) is 4.29. The number of nitrogens with zero attached hydrogens (tertiary/aromatic N) is 4. The molecule has 0 aromatic heterocycles. The Labute approximate surface area is 86.7 Å². The van der Waals surface area contributed by atoms with Crippen LogP contribution in [-0.4, -0.2) is 11.5 Å². The van der Waals surface area contributed by atoms with Gasteiger partial charge in [-0.25, -0.2) is 0 Å². The largest absolute Gasteiger partial charge is 0.212 e. The van der Waals surface area contributed by atoms with E-state index in [4.69, 9.17) is 11.6 Å². The molecule has 5 heteroatoms. The van der Waals surface area contributed by atoms with E-state index in [0.717, 1.165) is 5.56 Å². The second-order valence-corrected chi connectivity index (χ2v) is 3.42. The first-order chi connectivity index (χ1) is 6.85. The fraction of sp³-hybridized carbons (Fsp3) is 0.333. The minimum atomic E-state index is -0.678. The lowest BCUT2D eigenvalue weighted by Gasteiger charge is -2.15. The third kappa shape index (κ3) is 1.80. The van der Waals surface area contributed by atoms with Gasteiger partial charge in [-0.2, -0.15) is 0 Å². The standard InChI is InChI=1S/C9H9ClN4/c10-7-9(11-13-14-12-9)6-8-4-2-1-3-5-8/h1-5H,6-7H2. The molecule has 72 valence electrons. The molecule has 0 saturated carbocycles. The normalized spacial score (nSPS) is 17.5. The molecule has 1 aliphatic rings. The molecule has 1 heterocycles. The van der Waals surface area contributed by atoms with Gasteiger partial charge in [-0.1, -0.05) is 30.3 Å². The minimum absolute atomic E-state index is 0.300. The van der Waals surface area contributed by atoms with Crippen LogP contribution in [0.25, 0.3) is 0 Å². The molecule has 0 unspecified atom stereocenters. The third-order valence-corrected chi connectivity index (χ3v) is 2.47. The molecule has 0 atom stereocenters. The predicted molar refractivity (Wildman–Crippen MR) is 53.3 cm³/mol. The maximum atomic E-state index is 5.81. The molecule has 0 bridgehead atoms. The van der Waals surface area contributed by atoms with E-state index >= 15 is 0 Å². The van der Waals surface area contributed by atoms with Crippen LogP contribution in [-0.2, 0) is 6.42 Å². The lowest BCUT2D eigenvalue weighted by Crippen LogP contribution is -2.26. The van der Waals surface area contributed by atoms with E-state index in [1.54, 1.807) is 0 Å². The molecule has 1 aromatic carbocycles. The van der Waals surface area contributed by atoms with Crippen molar-refractivity contribution >= 4 is 11.6 Å². The van der Waals surface area contributed by atoms with Crippen molar-refractivity contribution < 1.29 is 0 Å².